The van der Waals surface area contributed by atoms with Crippen molar-refractivity contribution in [2.24, 2.45) is 0 Å². The molecule has 1 atom stereocenters. The van der Waals surface area contributed by atoms with Crippen LogP contribution in [0.15, 0.2) is 243 Å². The highest BCUT2D eigenvalue weighted by atomic mass is 16.5. The number of ether oxygens (including phenoxy) is 1. The molecule has 1 spiro atoms. The molecule has 0 amide bonds. The van der Waals surface area contributed by atoms with E-state index >= 15 is 0 Å². The molecule has 11 aromatic rings. The van der Waals surface area contributed by atoms with Crippen molar-refractivity contribution in [3.8, 4) is 50.6 Å². The molecule has 1 unspecified atom stereocenters. The average Bonchev–Trinajstić information content (AvgIpc) is 3.71. The molecule has 0 N–H and O–H groups in total. The van der Waals surface area contributed by atoms with Gasteiger partial charge in [-0.2, -0.15) is 0 Å². The molecule has 13 rings (SSSR count). The predicted molar refractivity (Wildman–Crippen MR) is 264 cm³/mol. The molecule has 2 aliphatic rings. The van der Waals surface area contributed by atoms with Crippen LogP contribution in [0, 0.1) is 0 Å². The SMILES string of the molecule is c1ccc(-c2ccc(N(c3ccc4c(c3)Oc3ccccc3C43c4ccccc4-n4c5ccccc5c5cccc3c54)c3ccc(-c4ccccc4)cc3-c3ccccc3)cc2)cc1. The maximum Gasteiger partial charge on any atom is 0.134 e. The van der Waals surface area contributed by atoms with E-state index in [9.17, 15) is 0 Å². The Bertz CT molecular complexity index is 3580. The second-order valence-electron chi connectivity index (χ2n) is 16.8. The fraction of sp³-hybridized carbons (Fsp3) is 0.0164. The molecule has 300 valence electrons. The van der Waals surface area contributed by atoms with Gasteiger partial charge in [0.2, 0.25) is 0 Å². The number of benzene rings is 10. The molecule has 0 saturated carbocycles. The van der Waals surface area contributed by atoms with Crippen molar-refractivity contribution in [3.63, 3.8) is 0 Å². The van der Waals surface area contributed by atoms with Gasteiger partial charge in [-0.1, -0.05) is 188 Å². The Labute approximate surface area is 372 Å². The standard InChI is InChI=1S/C61H40N2O/c1-4-17-41(18-5-1)43-31-34-46(35-32-43)62(56-38-33-45(42-19-6-2-7-20-42)39-50(56)44-21-8-3-9-22-44)47-36-37-53-59(40-47)64-58-30-15-12-26-52(58)61(53)51-25-11-14-29-57(51)63-55-28-13-10-23-48(55)49-24-16-27-54(61)60(49)63/h1-40H. The molecule has 2 aliphatic heterocycles. The second-order valence-corrected chi connectivity index (χ2v) is 16.8. The number of fused-ring (bicyclic) bond motifs is 11. The van der Waals surface area contributed by atoms with Gasteiger partial charge in [0.25, 0.3) is 0 Å². The first kappa shape index (κ1) is 36.3. The van der Waals surface area contributed by atoms with Crippen LogP contribution in [-0.4, -0.2) is 4.57 Å². The zero-order valence-corrected chi connectivity index (χ0v) is 34.9. The fourth-order valence-electron chi connectivity index (χ4n) is 10.7. The first-order chi connectivity index (χ1) is 31.8. The van der Waals surface area contributed by atoms with E-state index in [1.807, 2.05) is 0 Å². The molecule has 0 bridgehead atoms. The van der Waals surface area contributed by atoms with E-state index in [1.54, 1.807) is 0 Å². The zero-order chi connectivity index (χ0) is 42.2. The summed E-state index contributed by atoms with van der Waals surface area (Å²) in [4.78, 5) is 2.40. The fourth-order valence-corrected chi connectivity index (χ4v) is 10.7. The lowest BCUT2D eigenvalue weighted by molar-refractivity contribution is 0.434. The molecule has 10 aromatic carbocycles. The minimum Gasteiger partial charge on any atom is -0.457 e. The topological polar surface area (TPSA) is 17.4 Å². The summed E-state index contributed by atoms with van der Waals surface area (Å²) in [6, 6.07) is 88.0. The summed E-state index contributed by atoms with van der Waals surface area (Å²) in [5.41, 5.74) is 17.8. The quantitative estimate of drug-likeness (QED) is 0.166. The van der Waals surface area contributed by atoms with Crippen LogP contribution in [0.1, 0.15) is 22.3 Å². The van der Waals surface area contributed by atoms with Crippen molar-refractivity contribution in [2.45, 2.75) is 5.41 Å². The van der Waals surface area contributed by atoms with Crippen LogP contribution >= 0.6 is 0 Å². The molecule has 0 saturated heterocycles. The Morgan fingerprint density at radius 2 is 0.922 bits per heavy atom. The van der Waals surface area contributed by atoms with Crippen molar-refractivity contribution in [1.82, 2.24) is 4.57 Å². The summed E-state index contributed by atoms with van der Waals surface area (Å²) in [7, 11) is 0. The third-order valence-corrected chi connectivity index (χ3v) is 13.4. The number of aromatic nitrogens is 1. The van der Waals surface area contributed by atoms with Gasteiger partial charge in [0.1, 0.15) is 11.5 Å². The number of anilines is 3. The molecule has 0 aliphatic carbocycles. The van der Waals surface area contributed by atoms with Gasteiger partial charge in [0.15, 0.2) is 0 Å². The molecular weight excluding hydrogens is 777 g/mol. The van der Waals surface area contributed by atoms with Gasteiger partial charge in [0, 0.05) is 44.9 Å². The Balaban J connectivity index is 1.07. The van der Waals surface area contributed by atoms with Gasteiger partial charge in [-0.15, -0.1) is 0 Å². The Hall–Kier alpha value is -8.40. The van der Waals surface area contributed by atoms with Gasteiger partial charge >= 0.3 is 0 Å². The van der Waals surface area contributed by atoms with Gasteiger partial charge in [-0.25, -0.2) is 0 Å². The number of rotatable bonds is 6. The summed E-state index contributed by atoms with van der Waals surface area (Å²) < 4.78 is 9.64. The number of nitrogens with zero attached hydrogens (tertiary/aromatic N) is 2. The van der Waals surface area contributed by atoms with E-state index in [2.05, 4.69) is 252 Å². The van der Waals surface area contributed by atoms with Gasteiger partial charge < -0.3 is 14.2 Å². The van der Waals surface area contributed by atoms with Crippen LogP contribution in [0.4, 0.5) is 17.1 Å². The van der Waals surface area contributed by atoms with E-state index < -0.39 is 5.41 Å². The Morgan fingerprint density at radius 1 is 0.359 bits per heavy atom. The van der Waals surface area contributed by atoms with E-state index in [-0.39, 0.29) is 0 Å². The maximum atomic E-state index is 7.16. The van der Waals surface area contributed by atoms with Gasteiger partial charge in [-0.05, 0) is 87.5 Å². The van der Waals surface area contributed by atoms with E-state index in [1.165, 1.54) is 55.3 Å². The molecular formula is C61H40N2O. The van der Waals surface area contributed by atoms with Crippen molar-refractivity contribution in [3.05, 3.63) is 265 Å². The summed E-state index contributed by atoms with van der Waals surface area (Å²) in [6.45, 7) is 0. The molecule has 0 radical (unpaired) electrons. The van der Waals surface area contributed by atoms with Crippen LogP contribution in [0.5, 0.6) is 11.5 Å². The first-order valence-corrected chi connectivity index (χ1v) is 22.0. The second kappa shape index (κ2) is 14.3. The molecule has 3 heteroatoms. The maximum absolute atomic E-state index is 7.16. The van der Waals surface area contributed by atoms with E-state index in [0.717, 1.165) is 56.4 Å². The van der Waals surface area contributed by atoms with Crippen LogP contribution < -0.4 is 9.64 Å². The highest BCUT2D eigenvalue weighted by molar-refractivity contribution is 6.12. The van der Waals surface area contributed by atoms with Crippen molar-refractivity contribution >= 4 is 38.9 Å². The number of para-hydroxylation sites is 4. The molecule has 64 heavy (non-hydrogen) atoms. The normalized spacial score (nSPS) is 14.4. The lowest BCUT2D eigenvalue weighted by Gasteiger charge is -2.45. The third-order valence-electron chi connectivity index (χ3n) is 13.4. The monoisotopic (exact) mass is 816 g/mol. The zero-order valence-electron chi connectivity index (χ0n) is 34.9. The highest BCUT2D eigenvalue weighted by Crippen LogP contribution is 2.61. The molecule has 3 heterocycles. The smallest absolute Gasteiger partial charge is 0.134 e. The summed E-state index contributed by atoms with van der Waals surface area (Å²) in [5.74, 6) is 1.69. The Kier molecular flexibility index (Phi) is 8.13. The number of hydrogen-bond donors (Lipinski definition) is 0. The summed E-state index contributed by atoms with van der Waals surface area (Å²) in [6.07, 6.45) is 0. The van der Waals surface area contributed by atoms with E-state index in [0.29, 0.717) is 0 Å². The van der Waals surface area contributed by atoms with Gasteiger partial charge in [-0.3, -0.25) is 0 Å². The van der Waals surface area contributed by atoms with Gasteiger partial charge in [0.05, 0.1) is 27.8 Å². The largest absolute Gasteiger partial charge is 0.457 e. The lowest BCUT2D eigenvalue weighted by Crippen LogP contribution is -2.37. The predicted octanol–water partition coefficient (Wildman–Crippen LogP) is 16.1. The minimum atomic E-state index is -0.655. The van der Waals surface area contributed by atoms with Crippen LogP contribution in [0.25, 0.3) is 60.9 Å². The molecule has 1 aromatic heterocycles. The first-order valence-electron chi connectivity index (χ1n) is 22.0. The molecule has 0 fully saturated rings. The van der Waals surface area contributed by atoms with Crippen molar-refractivity contribution in [2.75, 3.05) is 4.90 Å². The van der Waals surface area contributed by atoms with E-state index in [4.69, 9.17) is 4.74 Å². The van der Waals surface area contributed by atoms with Crippen LogP contribution in [-0.2, 0) is 5.41 Å². The van der Waals surface area contributed by atoms with Crippen molar-refractivity contribution < 1.29 is 4.74 Å². The van der Waals surface area contributed by atoms with Crippen LogP contribution in [0.3, 0.4) is 0 Å². The highest BCUT2D eigenvalue weighted by Gasteiger charge is 2.50. The van der Waals surface area contributed by atoms with Crippen LogP contribution in [0.2, 0.25) is 0 Å². The average molecular weight is 817 g/mol. The van der Waals surface area contributed by atoms with Crippen molar-refractivity contribution in [1.29, 1.82) is 0 Å². The lowest BCUT2D eigenvalue weighted by atomic mass is 9.62. The molecule has 3 nitrogen and oxygen atoms in total. The Morgan fingerprint density at radius 3 is 1.70 bits per heavy atom. The minimum absolute atomic E-state index is 0.655. The summed E-state index contributed by atoms with van der Waals surface area (Å²) in [5, 5.41) is 2.50. The third kappa shape index (κ3) is 5.34. The number of hydrogen-bond acceptors (Lipinski definition) is 2. The summed E-state index contributed by atoms with van der Waals surface area (Å²) >= 11 is 0.